The number of carboxylic acids is 1. The van der Waals surface area contributed by atoms with Crippen LogP contribution in [0.15, 0.2) is 18.2 Å². The van der Waals surface area contributed by atoms with Crippen molar-refractivity contribution in [2.45, 2.75) is 52.5 Å². The molecule has 0 saturated heterocycles. The standard InChI is InChI=1S/C19H29NO4S/c1-6-25-10-9-15(18(22)23)20-17(21)12-24-16-8-7-13(2)11-14(16)19(3,4)5/h7-8,11,15H,6,9-10,12H2,1-5H3,(H,20,21)(H,22,23). The highest BCUT2D eigenvalue weighted by Gasteiger charge is 2.22. The number of benzene rings is 1. The lowest BCUT2D eigenvalue weighted by Crippen LogP contribution is -2.43. The predicted molar refractivity (Wildman–Crippen MR) is 103 cm³/mol. The summed E-state index contributed by atoms with van der Waals surface area (Å²) in [7, 11) is 0. The van der Waals surface area contributed by atoms with Crippen LogP contribution in [0, 0.1) is 6.92 Å². The minimum absolute atomic E-state index is 0.112. The Morgan fingerprint density at radius 1 is 1.32 bits per heavy atom. The van der Waals surface area contributed by atoms with Gasteiger partial charge < -0.3 is 15.2 Å². The number of ether oxygens (including phenoxy) is 1. The van der Waals surface area contributed by atoms with Crippen molar-refractivity contribution in [1.29, 1.82) is 0 Å². The minimum atomic E-state index is -1.02. The maximum Gasteiger partial charge on any atom is 0.326 e. The highest BCUT2D eigenvalue weighted by atomic mass is 32.2. The van der Waals surface area contributed by atoms with Crippen LogP contribution in [0.25, 0.3) is 0 Å². The summed E-state index contributed by atoms with van der Waals surface area (Å²) < 4.78 is 5.68. The molecule has 25 heavy (non-hydrogen) atoms. The second-order valence-electron chi connectivity index (χ2n) is 6.98. The number of aryl methyl sites for hydroxylation is 1. The molecule has 1 unspecified atom stereocenters. The molecular formula is C19H29NO4S. The number of aliphatic carboxylic acids is 1. The van der Waals surface area contributed by atoms with Crippen LogP contribution in [0.1, 0.15) is 45.2 Å². The molecule has 140 valence electrons. The molecule has 0 aliphatic carbocycles. The van der Waals surface area contributed by atoms with Crippen molar-refractivity contribution >= 4 is 23.6 Å². The molecule has 2 N–H and O–H groups in total. The van der Waals surface area contributed by atoms with E-state index in [4.69, 9.17) is 4.74 Å². The lowest BCUT2D eigenvalue weighted by Gasteiger charge is -2.23. The van der Waals surface area contributed by atoms with E-state index in [0.717, 1.165) is 16.9 Å². The van der Waals surface area contributed by atoms with Gasteiger partial charge in [0, 0.05) is 0 Å². The Morgan fingerprint density at radius 3 is 2.56 bits per heavy atom. The summed E-state index contributed by atoms with van der Waals surface area (Å²) in [5.74, 6) is 0.833. The van der Waals surface area contributed by atoms with Crippen LogP contribution in [-0.4, -0.2) is 41.1 Å². The number of nitrogens with one attached hydrogen (secondary N) is 1. The lowest BCUT2D eigenvalue weighted by atomic mass is 9.85. The van der Waals surface area contributed by atoms with E-state index in [1.807, 2.05) is 26.0 Å². The van der Waals surface area contributed by atoms with Crippen molar-refractivity contribution in [3.8, 4) is 5.75 Å². The number of hydrogen-bond acceptors (Lipinski definition) is 4. The molecule has 0 saturated carbocycles. The molecule has 0 aliphatic heterocycles. The highest BCUT2D eigenvalue weighted by molar-refractivity contribution is 7.99. The van der Waals surface area contributed by atoms with E-state index < -0.39 is 17.9 Å². The van der Waals surface area contributed by atoms with Crippen molar-refractivity contribution in [2.75, 3.05) is 18.1 Å². The molecule has 0 aliphatic rings. The summed E-state index contributed by atoms with van der Waals surface area (Å²) >= 11 is 1.65. The van der Waals surface area contributed by atoms with Gasteiger partial charge in [0.15, 0.2) is 6.61 Å². The van der Waals surface area contributed by atoms with Gasteiger partial charge in [-0.15, -0.1) is 0 Å². The summed E-state index contributed by atoms with van der Waals surface area (Å²) in [6.07, 6.45) is 0.400. The van der Waals surface area contributed by atoms with Crippen LogP contribution in [-0.2, 0) is 15.0 Å². The molecule has 0 radical (unpaired) electrons. The Balaban J connectivity index is 2.68. The fourth-order valence-electron chi connectivity index (χ4n) is 2.34. The SMILES string of the molecule is CCSCCC(NC(=O)COc1ccc(C)cc1C(C)(C)C)C(=O)O. The van der Waals surface area contributed by atoms with Gasteiger partial charge in [0.2, 0.25) is 0 Å². The Kier molecular flexibility index (Phi) is 8.29. The molecule has 0 fully saturated rings. The van der Waals surface area contributed by atoms with E-state index in [9.17, 15) is 14.7 Å². The third-order valence-electron chi connectivity index (χ3n) is 3.69. The van der Waals surface area contributed by atoms with Crippen LogP contribution >= 0.6 is 11.8 Å². The van der Waals surface area contributed by atoms with Gasteiger partial charge >= 0.3 is 5.97 Å². The van der Waals surface area contributed by atoms with Crippen LogP contribution in [0.5, 0.6) is 5.75 Å². The molecular weight excluding hydrogens is 338 g/mol. The monoisotopic (exact) mass is 367 g/mol. The van der Waals surface area contributed by atoms with Crippen molar-refractivity contribution in [3.63, 3.8) is 0 Å². The van der Waals surface area contributed by atoms with E-state index in [1.54, 1.807) is 11.8 Å². The Hall–Kier alpha value is -1.69. The topological polar surface area (TPSA) is 75.6 Å². The zero-order valence-electron chi connectivity index (χ0n) is 15.7. The molecule has 0 spiro atoms. The minimum Gasteiger partial charge on any atom is -0.483 e. The van der Waals surface area contributed by atoms with Gasteiger partial charge in [0.1, 0.15) is 11.8 Å². The first-order valence-electron chi connectivity index (χ1n) is 8.49. The Labute approximate surface area is 154 Å². The van der Waals surface area contributed by atoms with Crippen molar-refractivity contribution in [1.82, 2.24) is 5.32 Å². The predicted octanol–water partition coefficient (Wildman–Crippen LogP) is 3.38. The number of thioether (sulfide) groups is 1. The summed E-state index contributed by atoms with van der Waals surface area (Å²) in [4.78, 5) is 23.3. The third-order valence-corrected chi connectivity index (χ3v) is 4.62. The van der Waals surface area contributed by atoms with E-state index in [-0.39, 0.29) is 12.0 Å². The first-order chi connectivity index (χ1) is 11.6. The number of carbonyl (C=O) groups is 2. The van der Waals surface area contributed by atoms with Crippen molar-refractivity contribution in [3.05, 3.63) is 29.3 Å². The van der Waals surface area contributed by atoms with E-state index >= 15 is 0 Å². The van der Waals surface area contributed by atoms with Gasteiger partial charge in [0.05, 0.1) is 0 Å². The average molecular weight is 368 g/mol. The molecule has 1 atom stereocenters. The average Bonchev–Trinajstić information content (AvgIpc) is 2.51. The van der Waals surface area contributed by atoms with E-state index in [2.05, 4.69) is 32.2 Å². The zero-order valence-corrected chi connectivity index (χ0v) is 16.5. The molecule has 1 aromatic rings. The molecule has 1 aromatic carbocycles. The molecule has 6 heteroatoms. The maximum atomic E-state index is 12.1. The second-order valence-corrected chi connectivity index (χ2v) is 8.38. The Bertz CT molecular complexity index is 596. The first kappa shape index (κ1) is 21.4. The van der Waals surface area contributed by atoms with Gasteiger partial charge in [-0.05, 0) is 41.9 Å². The smallest absolute Gasteiger partial charge is 0.326 e. The fraction of sp³-hybridized carbons (Fsp3) is 0.579. The number of hydrogen-bond donors (Lipinski definition) is 2. The third kappa shape index (κ3) is 7.38. The molecule has 0 bridgehead atoms. The van der Waals surface area contributed by atoms with Gasteiger partial charge in [-0.2, -0.15) is 11.8 Å². The largest absolute Gasteiger partial charge is 0.483 e. The summed E-state index contributed by atoms with van der Waals surface area (Å²) in [5, 5.41) is 11.8. The quantitative estimate of drug-likeness (QED) is 0.655. The number of carboxylic acid groups (broad SMARTS) is 1. The molecule has 0 heterocycles. The zero-order chi connectivity index (χ0) is 19.0. The number of amides is 1. The van der Waals surface area contributed by atoms with Crippen LogP contribution < -0.4 is 10.1 Å². The highest BCUT2D eigenvalue weighted by Crippen LogP contribution is 2.32. The van der Waals surface area contributed by atoms with Gasteiger partial charge in [0.25, 0.3) is 5.91 Å². The lowest BCUT2D eigenvalue weighted by molar-refractivity contribution is -0.142. The molecule has 1 amide bonds. The van der Waals surface area contributed by atoms with E-state index in [0.29, 0.717) is 17.9 Å². The van der Waals surface area contributed by atoms with E-state index in [1.165, 1.54) is 0 Å². The normalized spacial score (nSPS) is 12.5. The maximum absolute atomic E-state index is 12.1. The van der Waals surface area contributed by atoms with Crippen molar-refractivity contribution < 1.29 is 19.4 Å². The number of rotatable bonds is 9. The number of carbonyl (C=O) groups excluding carboxylic acids is 1. The van der Waals surface area contributed by atoms with Crippen LogP contribution in [0.2, 0.25) is 0 Å². The van der Waals surface area contributed by atoms with Crippen molar-refractivity contribution in [2.24, 2.45) is 0 Å². The van der Waals surface area contributed by atoms with Gasteiger partial charge in [-0.3, -0.25) is 4.79 Å². The Morgan fingerprint density at radius 2 is 2.00 bits per heavy atom. The summed E-state index contributed by atoms with van der Waals surface area (Å²) in [6.45, 7) is 10.1. The molecule has 5 nitrogen and oxygen atoms in total. The fourth-order valence-corrected chi connectivity index (χ4v) is 3.03. The summed E-state index contributed by atoms with van der Waals surface area (Å²) in [6, 6.07) is 4.96. The molecule has 1 rings (SSSR count). The van der Waals surface area contributed by atoms with Gasteiger partial charge in [-0.25, -0.2) is 4.79 Å². The van der Waals surface area contributed by atoms with Crippen LogP contribution in [0.3, 0.4) is 0 Å². The second kappa shape index (κ2) is 9.70. The summed E-state index contributed by atoms with van der Waals surface area (Å²) in [5.41, 5.74) is 2.04. The molecule has 0 aromatic heterocycles. The first-order valence-corrected chi connectivity index (χ1v) is 9.64. The van der Waals surface area contributed by atoms with Gasteiger partial charge in [-0.1, -0.05) is 45.4 Å². The van der Waals surface area contributed by atoms with Crippen LogP contribution in [0.4, 0.5) is 0 Å².